The minimum absolute atomic E-state index is 0.203. The van der Waals surface area contributed by atoms with Gasteiger partial charge in [0, 0.05) is 17.3 Å². The van der Waals surface area contributed by atoms with Crippen LogP contribution in [0.5, 0.6) is 0 Å². The molecule has 3 nitrogen and oxygen atoms in total. The Morgan fingerprint density at radius 1 is 1.27 bits per heavy atom. The second-order valence-corrected chi connectivity index (χ2v) is 6.93. The van der Waals surface area contributed by atoms with Crippen LogP contribution < -0.4 is 5.32 Å². The third kappa shape index (κ3) is 2.70. The van der Waals surface area contributed by atoms with E-state index in [1.165, 1.54) is 31.7 Å². The summed E-state index contributed by atoms with van der Waals surface area (Å²) >= 11 is 1.66. The molecule has 2 atom stereocenters. The standard InChI is InChI=1S/C17H18FN3S/c18-13-8-11-4-3-7-19-16(11)12(9-13)10-22-17-20-14-5-1-2-6-15(14)21-17/h3-4,7-9,14-15H,1-2,5-6,10H2,(H,20,21). The number of halogens is 1. The lowest BCUT2D eigenvalue weighted by molar-refractivity contribution is 0.385. The Kier molecular flexibility index (Phi) is 3.74. The van der Waals surface area contributed by atoms with Crippen molar-refractivity contribution in [2.75, 3.05) is 0 Å². The summed E-state index contributed by atoms with van der Waals surface area (Å²) in [5.74, 6) is 0.488. The summed E-state index contributed by atoms with van der Waals surface area (Å²) in [4.78, 5) is 9.18. The van der Waals surface area contributed by atoms with Gasteiger partial charge in [-0.05, 0) is 36.6 Å². The highest BCUT2D eigenvalue weighted by atomic mass is 32.2. The topological polar surface area (TPSA) is 37.3 Å². The highest BCUT2D eigenvalue weighted by Crippen LogP contribution is 2.29. The maximum Gasteiger partial charge on any atom is 0.157 e. The molecule has 0 amide bonds. The van der Waals surface area contributed by atoms with Gasteiger partial charge in [0.05, 0.1) is 17.6 Å². The zero-order valence-corrected chi connectivity index (χ0v) is 13.1. The summed E-state index contributed by atoms with van der Waals surface area (Å²) in [6.45, 7) is 0. The van der Waals surface area contributed by atoms with Crippen LogP contribution in [-0.4, -0.2) is 22.2 Å². The normalized spacial score (nSPS) is 24.0. The maximum atomic E-state index is 13.8. The van der Waals surface area contributed by atoms with Crippen molar-refractivity contribution < 1.29 is 4.39 Å². The zero-order valence-electron chi connectivity index (χ0n) is 12.3. The molecule has 2 heterocycles. The van der Waals surface area contributed by atoms with Crippen LogP contribution in [0.4, 0.5) is 4.39 Å². The third-order valence-corrected chi connectivity index (χ3v) is 5.39. The van der Waals surface area contributed by atoms with Gasteiger partial charge in [0.1, 0.15) is 5.82 Å². The summed E-state index contributed by atoms with van der Waals surface area (Å²) in [5.41, 5.74) is 1.81. The van der Waals surface area contributed by atoms with Crippen molar-refractivity contribution in [3.8, 4) is 0 Å². The number of benzene rings is 1. The maximum absolute atomic E-state index is 13.8. The molecule has 0 spiro atoms. The van der Waals surface area contributed by atoms with E-state index in [2.05, 4.69) is 10.3 Å². The van der Waals surface area contributed by atoms with E-state index in [9.17, 15) is 4.39 Å². The predicted octanol–water partition coefficient (Wildman–Crippen LogP) is 3.88. The van der Waals surface area contributed by atoms with Gasteiger partial charge in [-0.2, -0.15) is 0 Å². The molecule has 0 bridgehead atoms. The van der Waals surface area contributed by atoms with Crippen LogP contribution in [0.2, 0.25) is 0 Å². The summed E-state index contributed by atoms with van der Waals surface area (Å²) < 4.78 is 13.8. The smallest absolute Gasteiger partial charge is 0.157 e. The van der Waals surface area contributed by atoms with Crippen LogP contribution in [0.1, 0.15) is 31.2 Å². The Balaban J connectivity index is 1.52. The number of fused-ring (bicyclic) bond motifs is 2. The number of pyridine rings is 1. The van der Waals surface area contributed by atoms with Crippen LogP contribution in [-0.2, 0) is 5.75 Å². The highest BCUT2D eigenvalue weighted by molar-refractivity contribution is 8.13. The Hall–Kier alpha value is -1.62. The molecule has 22 heavy (non-hydrogen) atoms. The van der Waals surface area contributed by atoms with E-state index in [1.807, 2.05) is 12.1 Å². The third-order valence-electron chi connectivity index (χ3n) is 4.43. The SMILES string of the molecule is Fc1cc(CSC2=NC3CCCCC3N2)c2ncccc2c1. The quantitative estimate of drug-likeness (QED) is 0.914. The Bertz CT molecular complexity index is 731. The predicted molar refractivity (Wildman–Crippen MR) is 89.6 cm³/mol. The van der Waals surface area contributed by atoms with E-state index in [-0.39, 0.29) is 5.82 Å². The fourth-order valence-corrected chi connectivity index (χ4v) is 4.30. The van der Waals surface area contributed by atoms with E-state index in [4.69, 9.17) is 4.99 Å². The van der Waals surface area contributed by atoms with Crippen molar-refractivity contribution in [3.63, 3.8) is 0 Å². The van der Waals surface area contributed by atoms with Crippen LogP contribution >= 0.6 is 11.8 Å². The van der Waals surface area contributed by atoms with E-state index in [1.54, 1.807) is 24.0 Å². The molecule has 1 N–H and O–H groups in total. The average molecular weight is 315 g/mol. The number of nitrogens with zero attached hydrogens (tertiary/aromatic N) is 2. The van der Waals surface area contributed by atoms with Gasteiger partial charge in [0.15, 0.2) is 5.17 Å². The molecule has 0 radical (unpaired) electrons. The van der Waals surface area contributed by atoms with Gasteiger partial charge in [-0.25, -0.2) is 4.39 Å². The van der Waals surface area contributed by atoms with E-state index >= 15 is 0 Å². The molecule has 1 aliphatic heterocycles. The first-order valence-corrected chi connectivity index (χ1v) is 8.78. The monoisotopic (exact) mass is 315 g/mol. The van der Waals surface area contributed by atoms with Crippen molar-refractivity contribution in [2.45, 2.75) is 43.5 Å². The van der Waals surface area contributed by atoms with Gasteiger partial charge in [0.25, 0.3) is 0 Å². The molecule has 5 heteroatoms. The highest BCUT2D eigenvalue weighted by Gasteiger charge is 2.30. The zero-order chi connectivity index (χ0) is 14.9. The first-order chi connectivity index (χ1) is 10.8. The van der Waals surface area contributed by atoms with E-state index in [0.29, 0.717) is 17.8 Å². The first kappa shape index (κ1) is 14.0. The van der Waals surface area contributed by atoms with Crippen molar-refractivity contribution in [3.05, 3.63) is 41.8 Å². The fraction of sp³-hybridized carbons (Fsp3) is 0.412. The number of amidine groups is 1. The van der Waals surface area contributed by atoms with Crippen molar-refractivity contribution in [1.29, 1.82) is 0 Å². The number of hydrogen-bond acceptors (Lipinski definition) is 4. The van der Waals surface area contributed by atoms with Gasteiger partial charge in [0.2, 0.25) is 0 Å². The molecular formula is C17H18FN3S. The largest absolute Gasteiger partial charge is 0.360 e. The summed E-state index contributed by atoms with van der Waals surface area (Å²) in [7, 11) is 0. The number of hydrogen-bond donors (Lipinski definition) is 1. The van der Waals surface area contributed by atoms with Crippen LogP contribution in [0.3, 0.4) is 0 Å². The van der Waals surface area contributed by atoms with E-state index in [0.717, 1.165) is 21.6 Å². The average Bonchev–Trinajstić information content (AvgIpc) is 2.95. The first-order valence-electron chi connectivity index (χ1n) is 7.80. The summed E-state index contributed by atoms with van der Waals surface area (Å²) in [6.07, 6.45) is 6.73. The molecule has 114 valence electrons. The van der Waals surface area contributed by atoms with Crippen LogP contribution in [0.15, 0.2) is 35.5 Å². The molecule has 1 aromatic carbocycles. The lowest BCUT2D eigenvalue weighted by Gasteiger charge is -2.23. The minimum atomic E-state index is -0.203. The molecule has 2 aromatic rings. The molecule has 1 aliphatic carbocycles. The molecule has 1 aromatic heterocycles. The fourth-order valence-electron chi connectivity index (χ4n) is 3.34. The minimum Gasteiger partial charge on any atom is -0.360 e. The van der Waals surface area contributed by atoms with Crippen molar-refractivity contribution >= 4 is 27.8 Å². The van der Waals surface area contributed by atoms with Crippen LogP contribution in [0.25, 0.3) is 10.9 Å². The second kappa shape index (κ2) is 5.88. The molecule has 2 unspecified atom stereocenters. The van der Waals surface area contributed by atoms with Crippen molar-refractivity contribution in [1.82, 2.24) is 10.3 Å². The number of aromatic nitrogens is 1. The summed E-state index contributed by atoms with van der Waals surface area (Å²) in [5, 5.41) is 5.38. The molecule has 1 fully saturated rings. The van der Waals surface area contributed by atoms with Gasteiger partial charge in [-0.3, -0.25) is 9.98 Å². The van der Waals surface area contributed by atoms with Crippen molar-refractivity contribution in [2.24, 2.45) is 4.99 Å². The molecule has 2 aliphatic rings. The number of aliphatic imine (C=N–C) groups is 1. The van der Waals surface area contributed by atoms with Gasteiger partial charge < -0.3 is 5.32 Å². The molecule has 0 saturated heterocycles. The number of thioether (sulfide) groups is 1. The van der Waals surface area contributed by atoms with Gasteiger partial charge in [-0.15, -0.1) is 0 Å². The Morgan fingerprint density at radius 2 is 2.18 bits per heavy atom. The molecular weight excluding hydrogens is 297 g/mol. The van der Waals surface area contributed by atoms with Gasteiger partial charge >= 0.3 is 0 Å². The number of nitrogens with one attached hydrogen (secondary N) is 1. The lowest BCUT2D eigenvalue weighted by atomic mass is 9.92. The molecule has 1 saturated carbocycles. The van der Waals surface area contributed by atoms with Gasteiger partial charge in [-0.1, -0.05) is 30.7 Å². The number of rotatable bonds is 2. The summed E-state index contributed by atoms with van der Waals surface area (Å²) in [6, 6.07) is 7.82. The van der Waals surface area contributed by atoms with E-state index < -0.39 is 0 Å². The lowest BCUT2D eigenvalue weighted by Crippen LogP contribution is -2.36. The Morgan fingerprint density at radius 3 is 3.09 bits per heavy atom. The second-order valence-electron chi connectivity index (χ2n) is 5.97. The van der Waals surface area contributed by atoms with Crippen LogP contribution in [0, 0.1) is 5.82 Å². The Labute approximate surface area is 133 Å². The molecule has 4 rings (SSSR count).